The number of carbonyl (C=O) groups is 1. The van der Waals surface area contributed by atoms with Crippen molar-refractivity contribution in [2.24, 2.45) is 0 Å². The first-order valence-electron chi connectivity index (χ1n) is 10.4. The number of aromatic amines is 1. The van der Waals surface area contributed by atoms with Gasteiger partial charge in [0.2, 0.25) is 5.91 Å². The maximum absolute atomic E-state index is 13.7. The molecule has 2 N–H and O–H groups in total. The van der Waals surface area contributed by atoms with Crippen molar-refractivity contribution < 1.29 is 18.0 Å². The summed E-state index contributed by atoms with van der Waals surface area (Å²) < 4.78 is 41.0. The molecule has 0 unspecified atom stereocenters. The number of benzene rings is 2. The molecule has 1 spiro atoms. The van der Waals surface area contributed by atoms with Crippen LogP contribution in [-0.2, 0) is 17.5 Å². The topological polar surface area (TPSA) is 51.4 Å². The van der Waals surface area contributed by atoms with E-state index in [4.69, 9.17) is 0 Å². The van der Waals surface area contributed by atoms with Crippen LogP contribution in [0.5, 0.6) is 0 Å². The number of amides is 1. The molecular formula is C23H23F3N4O. The summed E-state index contributed by atoms with van der Waals surface area (Å²) in [5.41, 5.74) is 0.410. The number of para-hydroxylation sites is 2. The first-order chi connectivity index (χ1) is 14.9. The summed E-state index contributed by atoms with van der Waals surface area (Å²) >= 11 is 0. The summed E-state index contributed by atoms with van der Waals surface area (Å²) in [5, 5.41) is 3.55. The van der Waals surface area contributed by atoms with Crippen molar-refractivity contribution in [2.45, 2.75) is 31.1 Å². The molecule has 0 bridgehead atoms. The van der Waals surface area contributed by atoms with Crippen LogP contribution in [0.3, 0.4) is 0 Å². The molecule has 162 valence electrons. The van der Waals surface area contributed by atoms with Gasteiger partial charge in [-0.1, -0.05) is 36.4 Å². The Bertz CT molecular complexity index is 1100. The molecule has 1 aromatic heterocycles. The first kappa shape index (κ1) is 19.9. The van der Waals surface area contributed by atoms with Crippen molar-refractivity contribution in [2.75, 3.05) is 24.7 Å². The van der Waals surface area contributed by atoms with Crippen LogP contribution in [0, 0.1) is 0 Å². The number of nitrogens with one attached hydrogen (secondary N) is 2. The van der Waals surface area contributed by atoms with Crippen LogP contribution in [0.25, 0.3) is 10.9 Å². The zero-order valence-corrected chi connectivity index (χ0v) is 16.9. The Labute approximate surface area is 177 Å². The number of nitrogens with zero attached hydrogens (tertiary/aromatic N) is 2. The van der Waals surface area contributed by atoms with Crippen molar-refractivity contribution in [3.05, 3.63) is 65.9 Å². The Kier molecular flexibility index (Phi) is 4.69. The second-order valence-corrected chi connectivity index (χ2v) is 8.26. The van der Waals surface area contributed by atoms with Crippen molar-refractivity contribution in [3.63, 3.8) is 0 Å². The number of hydrogen-bond donors (Lipinski definition) is 2. The third-order valence-corrected chi connectivity index (χ3v) is 6.57. The predicted molar refractivity (Wildman–Crippen MR) is 112 cm³/mol. The van der Waals surface area contributed by atoms with Crippen molar-refractivity contribution in [3.8, 4) is 0 Å². The molecule has 0 radical (unpaired) electrons. The lowest BCUT2D eigenvalue weighted by Crippen LogP contribution is -2.56. The highest BCUT2D eigenvalue weighted by Gasteiger charge is 2.50. The number of rotatable bonds is 3. The average molecular weight is 428 g/mol. The van der Waals surface area contributed by atoms with Crippen LogP contribution in [0.4, 0.5) is 18.9 Å². The number of anilines is 1. The van der Waals surface area contributed by atoms with Gasteiger partial charge in [-0.3, -0.25) is 9.69 Å². The van der Waals surface area contributed by atoms with Gasteiger partial charge < -0.3 is 15.2 Å². The van der Waals surface area contributed by atoms with Crippen LogP contribution < -0.4 is 10.2 Å². The Hall–Kier alpha value is -3.00. The SMILES string of the molecule is O=C1NCN(c2ccccc2)C12CCN(Cc1c(C(F)(F)F)[nH]c3ccccc13)CC2. The first-order valence-corrected chi connectivity index (χ1v) is 10.4. The van der Waals surface area contributed by atoms with E-state index in [-0.39, 0.29) is 18.0 Å². The molecule has 0 saturated carbocycles. The maximum Gasteiger partial charge on any atom is 0.431 e. The maximum atomic E-state index is 13.7. The summed E-state index contributed by atoms with van der Waals surface area (Å²) in [4.78, 5) is 19.5. The van der Waals surface area contributed by atoms with E-state index in [0.29, 0.717) is 43.5 Å². The standard InChI is InChI=1S/C23H23F3N4O/c24-23(25,26)20-18(17-8-4-5-9-19(17)28-20)14-29-12-10-22(11-13-29)21(31)27-15-30(22)16-6-2-1-3-7-16/h1-9,28H,10-15H2,(H,27,31). The van der Waals surface area contributed by atoms with E-state index >= 15 is 0 Å². The van der Waals surface area contributed by atoms with Gasteiger partial charge in [0, 0.05) is 41.8 Å². The lowest BCUT2D eigenvalue weighted by Gasteiger charge is -2.43. The third-order valence-electron chi connectivity index (χ3n) is 6.57. The van der Waals surface area contributed by atoms with Gasteiger partial charge in [-0.2, -0.15) is 13.2 Å². The average Bonchev–Trinajstić information content (AvgIpc) is 3.29. The molecule has 0 atom stereocenters. The second kappa shape index (κ2) is 7.30. The number of piperidine rings is 1. The molecule has 2 saturated heterocycles. The molecule has 0 aliphatic carbocycles. The molecule has 2 aromatic carbocycles. The molecule has 3 aromatic rings. The zero-order valence-electron chi connectivity index (χ0n) is 16.9. The Morgan fingerprint density at radius 3 is 2.35 bits per heavy atom. The largest absolute Gasteiger partial charge is 0.431 e. The number of aromatic nitrogens is 1. The fourth-order valence-electron chi connectivity index (χ4n) is 4.94. The van der Waals surface area contributed by atoms with Gasteiger partial charge in [0.25, 0.3) is 0 Å². The van der Waals surface area contributed by atoms with Crippen LogP contribution in [0.1, 0.15) is 24.1 Å². The van der Waals surface area contributed by atoms with E-state index in [1.807, 2.05) is 35.2 Å². The van der Waals surface area contributed by atoms with Crippen molar-refractivity contribution in [1.82, 2.24) is 15.2 Å². The Balaban J connectivity index is 1.39. The highest BCUT2D eigenvalue weighted by Crippen LogP contribution is 2.39. The monoisotopic (exact) mass is 428 g/mol. The van der Waals surface area contributed by atoms with Crippen LogP contribution in [-0.4, -0.2) is 41.1 Å². The van der Waals surface area contributed by atoms with E-state index in [1.165, 1.54) is 0 Å². The molecule has 2 aliphatic rings. The summed E-state index contributed by atoms with van der Waals surface area (Å²) in [5.74, 6) is -0.000854. The molecule has 5 nitrogen and oxygen atoms in total. The van der Waals surface area contributed by atoms with E-state index in [9.17, 15) is 18.0 Å². The predicted octanol–water partition coefficient (Wildman–Crippen LogP) is 4.12. The highest BCUT2D eigenvalue weighted by atomic mass is 19.4. The Morgan fingerprint density at radius 2 is 1.65 bits per heavy atom. The molecule has 2 fully saturated rings. The van der Waals surface area contributed by atoms with Gasteiger partial charge in [-0.05, 0) is 31.0 Å². The summed E-state index contributed by atoms with van der Waals surface area (Å²) in [6.07, 6.45) is -3.31. The summed E-state index contributed by atoms with van der Waals surface area (Å²) in [7, 11) is 0. The van der Waals surface area contributed by atoms with E-state index in [2.05, 4.69) is 15.2 Å². The molecule has 2 aliphatic heterocycles. The van der Waals surface area contributed by atoms with Crippen LogP contribution >= 0.6 is 0 Å². The summed E-state index contributed by atoms with van der Waals surface area (Å²) in [6.45, 7) is 1.74. The number of hydrogen-bond acceptors (Lipinski definition) is 3. The number of likely N-dealkylation sites (tertiary alicyclic amines) is 1. The zero-order chi connectivity index (χ0) is 21.6. The molecule has 5 rings (SSSR count). The number of halogens is 3. The Morgan fingerprint density at radius 1 is 0.968 bits per heavy atom. The van der Waals surface area contributed by atoms with Crippen molar-refractivity contribution >= 4 is 22.5 Å². The van der Waals surface area contributed by atoms with E-state index < -0.39 is 17.4 Å². The van der Waals surface area contributed by atoms with Gasteiger partial charge in [0.15, 0.2) is 0 Å². The van der Waals surface area contributed by atoms with Gasteiger partial charge in [0.05, 0.1) is 6.67 Å². The number of H-pyrrole nitrogens is 1. The lowest BCUT2D eigenvalue weighted by molar-refractivity contribution is -0.141. The molecule has 31 heavy (non-hydrogen) atoms. The number of alkyl halides is 3. The number of carbonyl (C=O) groups excluding carboxylic acids is 1. The molecule has 1 amide bonds. The minimum absolute atomic E-state index is 0.000854. The smallest absolute Gasteiger partial charge is 0.351 e. The lowest BCUT2D eigenvalue weighted by atomic mass is 9.85. The number of fused-ring (bicyclic) bond motifs is 1. The fraction of sp³-hybridized carbons (Fsp3) is 0.348. The van der Waals surface area contributed by atoms with Gasteiger partial charge >= 0.3 is 6.18 Å². The van der Waals surface area contributed by atoms with Gasteiger partial charge in [-0.25, -0.2) is 0 Å². The summed E-state index contributed by atoms with van der Waals surface area (Å²) in [6, 6.07) is 16.7. The third kappa shape index (κ3) is 3.35. The highest BCUT2D eigenvalue weighted by molar-refractivity contribution is 5.93. The fourth-order valence-corrected chi connectivity index (χ4v) is 4.94. The minimum atomic E-state index is -4.44. The molecular weight excluding hydrogens is 405 g/mol. The van der Waals surface area contributed by atoms with Crippen LogP contribution in [0.2, 0.25) is 0 Å². The second-order valence-electron chi connectivity index (χ2n) is 8.26. The van der Waals surface area contributed by atoms with E-state index in [0.717, 1.165) is 5.69 Å². The van der Waals surface area contributed by atoms with E-state index in [1.54, 1.807) is 24.3 Å². The van der Waals surface area contributed by atoms with Gasteiger partial charge in [0.1, 0.15) is 11.2 Å². The van der Waals surface area contributed by atoms with Crippen LogP contribution in [0.15, 0.2) is 54.6 Å². The minimum Gasteiger partial charge on any atom is -0.351 e. The molecule has 3 heterocycles. The molecule has 8 heteroatoms. The van der Waals surface area contributed by atoms with Crippen molar-refractivity contribution in [1.29, 1.82) is 0 Å². The normalized spacial score (nSPS) is 19.3. The quantitative estimate of drug-likeness (QED) is 0.660. The van der Waals surface area contributed by atoms with Gasteiger partial charge in [-0.15, -0.1) is 0 Å².